The molecule has 0 aliphatic heterocycles. The van der Waals surface area contributed by atoms with Gasteiger partial charge in [-0.1, -0.05) is 23.7 Å². The Bertz CT molecular complexity index is 849. The van der Waals surface area contributed by atoms with Gasteiger partial charge in [0.25, 0.3) is 0 Å². The molecule has 0 aliphatic carbocycles. The Hall–Kier alpha value is -2.93. The summed E-state index contributed by atoms with van der Waals surface area (Å²) in [7, 11) is 1.81. The van der Waals surface area contributed by atoms with E-state index < -0.39 is 0 Å². The highest BCUT2D eigenvalue weighted by atomic mass is 35.5. The third kappa shape index (κ3) is 3.69. The van der Waals surface area contributed by atoms with Gasteiger partial charge in [-0.15, -0.1) is 0 Å². The largest absolute Gasteiger partial charge is 0.332 e. The number of urea groups is 1. The highest BCUT2D eigenvalue weighted by Gasteiger charge is 2.10. The first kappa shape index (κ1) is 15.9. The van der Waals surface area contributed by atoms with Gasteiger partial charge in [0, 0.05) is 19.4 Å². The molecule has 2 amide bonds. The fraction of sp³-hybridized carbons (Fsp3) is 0.125. The Morgan fingerprint density at radius 3 is 2.83 bits per heavy atom. The van der Waals surface area contributed by atoms with Gasteiger partial charge >= 0.3 is 6.03 Å². The van der Waals surface area contributed by atoms with Gasteiger partial charge in [-0.05, 0) is 18.2 Å². The minimum atomic E-state index is -0.342. The summed E-state index contributed by atoms with van der Waals surface area (Å²) in [5.74, 6) is 0. The molecule has 0 spiro atoms. The number of anilines is 1. The lowest BCUT2D eigenvalue weighted by atomic mass is 10.3. The highest BCUT2D eigenvalue weighted by molar-refractivity contribution is 6.33. The number of nitrogens with one attached hydrogen (secondary N) is 2. The van der Waals surface area contributed by atoms with Crippen molar-refractivity contribution in [2.75, 3.05) is 5.32 Å². The van der Waals surface area contributed by atoms with Crippen LogP contribution in [0.15, 0.2) is 48.9 Å². The van der Waals surface area contributed by atoms with E-state index in [2.05, 4.69) is 25.7 Å². The number of amides is 2. The number of para-hydroxylation sites is 1. The summed E-state index contributed by atoms with van der Waals surface area (Å²) in [6, 6.07) is 8.57. The fourth-order valence-corrected chi connectivity index (χ4v) is 2.31. The first-order chi connectivity index (χ1) is 11.6. The molecule has 7 nitrogen and oxygen atoms in total. The predicted molar refractivity (Wildman–Crippen MR) is 91.5 cm³/mol. The Kier molecular flexibility index (Phi) is 4.72. The number of benzene rings is 1. The molecule has 0 unspecified atom stereocenters. The normalized spacial score (nSPS) is 10.4. The van der Waals surface area contributed by atoms with Crippen LogP contribution in [-0.2, 0) is 13.6 Å². The van der Waals surface area contributed by atoms with Crippen LogP contribution >= 0.6 is 11.6 Å². The van der Waals surface area contributed by atoms with Crippen LogP contribution in [0.2, 0.25) is 5.02 Å². The van der Waals surface area contributed by atoms with E-state index in [0.717, 1.165) is 5.69 Å². The van der Waals surface area contributed by atoms with Crippen LogP contribution in [0, 0.1) is 0 Å². The van der Waals surface area contributed by atoms with Crippen molar-refractivity contribution in [3.05, 3.63) is 59.6 Å². The number of hydrogen-bond donors (Lipinski definition) is 2. The van der Waals surface area contributed by atoms with E-state index in [1.165, 1.54) is 0 Å². The van der Waals surface area contributed by atoms with E-state index in [-0.39, 0.29) is 6.03 Å². The predicted octanol–water partition coefficient (Wildman–Crippen LogP) is 2.85. The first-order valence-corrected chi connectivity index (χ1v) is 7.60. The second-order valence-electron chi connectivity index (χ2n) is 5.02. The van der Waals surface area contributed by atoms with Crippen molar-refractivity contribution in [2.45, 2.75) is 6.54 Å². The fourth-order valence-electron chi connectivity index (χ4n) is 2.13. The number of rotatable bonds is 4. The molecule has 3 rings (SSSR count). The van der Waals surface area contributed by atoms with E-state index in [9.17, 15) is 4.79 Å². The van der Waals surface area contributed by atoms with Gasteiger partial charge in [-0.2, -0.15) is 5.10 Å². The molecular formula is C16H15ClN6O. The molecule has 0 aliphatic rings. The average Bonchev–Trinajstić information content (AvgIpc) is 2.97. The maximum Gasteiger partial charge on any atom is 0.319 e. The second kappa shape index (κ2) is 7.10. The first-order valence-electron chi connectivity index (χ1n) is 7.22. The third-order valence-electron chi connectivity index (χ3n) is 3.35. The maximum absolute atomic E-state index is 12.0. The minimum absolute atomic E-state index is 0.319. The highest BCUT2D eigenvalue weighted by Crippen LogP contribution is 2.20. The van der Waals surface area contributed by atoms with Crippen molar-refractivity contribution in [3.8, 4) is 11.4 Å². The Labute approximate surface area is 143 Å². The van der Waals surface area contributed by atoms with Crippen LogP contribution < -0.4 is 10.6 Å². The molecule has 2 heterocycles. The lowest BCUT2D eigenvalue weighted by Gasteiger charge is -2.08. The van der Waals surface area contributed by atoms with Gasteiger partial charge in [0.05, 0.1) is 29.1 Å². The summed E-state index contributed by atoms with van der Waals surface area (Å²) >= 11 is 6.01. The summed E-state index contributed by atoms with van der Waals surface area (Å²) < 4.78 is 1.69. The van der Waals surface area contributed by atoms with Crippen molar-refractivity contribution in [2.24, 2.45) is 7.05 Å². The van der Waals surface area contributed by atoms with E-state index in [4.69, 9.17) is 11.6 Å². The van der Waals surface area contributed by atoms with Gasteiger partial charge in [-0.25, -0.2) is 4.79 Å². The number of hydrogen-bond acceptors (Lipinski definition) is 4. The molecule has 24 heavy (non-hydrogen) atoms. The van der Waals surface area contributed by atoms with Crippen molar-refractivity contribution >= 4 is 23.3 Å². The SMILES string of the molecule is Cn1nc(-c2cnccn2)cc1CNC(=O)Nc1ccccc1Cl. The Morgan fingerprint density at radius 2 is 2.08 bits per heavy atom. The number of nitrogens with zero attached hydrogens (tertiary/aromatic N) is 4. The van der Waals surface area contributed by atoms with Crippen molar-refractivity contribution < 1.29 is 4.79 Å². The van der Waals surface area contributed by atoms with Crippen LogP contribution in [0.4, 0.5) is 10.5 Å². The Morgan fingerprint density at radius 1 is 1.25 bits per heavy atom. The quantitative estimate of drug-likeness (QED) is 0.763. The van der Waals surface area contributed by atoms with Gasteiger partial charge in [0.1, 0.15) is 11.4 Å². The molecule has 2 N–H and O–H groups in total. The molecule has 0 atom stereocenters. The molecule has 0 bridgehead atoms. The topological polar surface area (TPSA) is 84.7 Å². The summed E-state index contributed by atoms with van der Waals surface area (Å²) in [5.41, 5.74) is 2.78. The van der Waals surface area contributed by atoms with Crippen LogP contribution in [0.5, 0.6) is 0 Å². The summed E-state index contributed by atoms with van der Waals surface area (Å²) in [6.07, 6.45) is 4.86. The molecule has 0 radical (unpaired) electrons. The van der Waals surface area contributed by atoms with E-state index in [1.54, 1.807) is 47.5 Å². The van der Waals surface area contributed by atoms with E-state index >= 15 is 0 Å². The summed E-state index contributed by atoms with van der Waals surface area (Å²) in [6.45, 7) is 0.319. The summed E-state index contributed by atoms with van der Waals surface area (Å²) in [5, 5.41) is 10.3. The van der Waals surface area contributed by atoms with Gasteiger partial charge in [0.15, 0.2) is 0 Å². The molecular weight excluding hydrogens is 328 g/mol. The number of carbonyl (C=O) groups is 1. The number of carbonyl (C=O) groups excluding carboxylic acids is 1. The monoisotopic (exact) mass is 342 g/mol. The lowest BCUT2D eigenvalue weighted by Crippen LogP contribution is -2.29. The van der Waals surface area contributed by atoms with Gasteiger partial charge < -0.3 is 10.6 Å². The minimum Gasteiger partial charge on any atom is -0.332 e. The van der Waals surface area contributed by atoms with Crippen LogP contribution in [0.25, 0.3) is 11.4 Å². The van der Waals surface area contributed by atoms with Crippen molar-refractivity contribution in [1.82, 2.24) is 25.1 Å². The van der Waals surface area contributed by atoms with Crippen LogP contribution in [0.3, 0.4) is 0 Å². The molecule has 122 valence electrons. The van der Waals surface area contributed by atoms with Crippen molar-refractivity contribution in [1.29, 1.82) is 0 Å². The zero-order valence-corrected chi connectivity index (χ0v) is 13.7. The number of halogens is 1. The number of aryl methyl sites for hydroxylation is 1. The molecule has 3 aromatic rings. The van der Waals surface area contributed by atoms with Crippen LogP contribution in [0.1, 0.15) is 5.69 Å². The molecule has 0 saturated carbocycles. The standard InChI is InChI=1S/C16H15ClN6O/c1-23-11(8-14(22-23)15-10-18-6-7-19-15)9-20-16(24)21-13-5-3-2-4-12(13)17/h2-8,10H,9H2,1H3,(H2,20,21,24). The molecule has 0 saturated heterocycles. The molecule has 2 aromatic heterocycles. The van der Waals surface area contributed by atoms with Gasteiger partial charge in [-0.3, -0.25) is 14.6 Å². The zero-order valence-electron chi connectivity index (χ0n) is 12.9. The second-order valence-corrected chi connectivity index (χ2v) is 5.43. The molecule has 8 heteroatoms. The third-order valence-corrected chi connectivity index (χ3v) is 3.68. The zero-order chi connectivity index (χ0) is 16.9. The molecule has 1 aromatic carbocycles. The van der Waals surface area contributed by atoms with Gasteiger partial charge in [0.2, 0.25) is 0 Å². The average molecular weight is 343 g/mol. The van der Waals surface area contributed by atoms with E-state index in [1.807, 2.05) is 13.1 Å². The summed E-state index contributed by atoms with van der Waals surface area (Å²) in [4.78, 5) is 20.2. The lowest BCUT2D eigenvalue weighted by molar-refractivity contribution is 0.251. The molecule has 0 fully saturated rings. The number of aromatic nitrogens is 4. The smallest absolute Gasteiger partial charge is 0.319 e. The van der Waals surface area contributed by atoms with E-state index in [0.29, 0.717) is 28.6 Å². The Balaban J connectivity index is 1.64. The maximum atomic E-state index is 12.0. The van der Waals surface area contributed by atoms with Crippen LogP contribution in [-0.4, -0.2) is 25.8 Å². The van der Waals surface area contributed by atoms with Crippen molar-refractivity contribution in [3.63, 3.8) is 0 Å².